The molecule has 1 rings (SSSR count). The van der Waals surface area contributed by atoms with E-state index in [-0.39, 0.29) is 12.2 Å². The summed E-state index contributed by atoms with van der Waals surface area (Å²) in [5.74, 6) is 0.604. The fraction of sp³-hybridized carbons (Fsp3) is 0.900. The number of hydrogen-bond acceptors (Lipinski definition) is 1. The molecule has 0 unspecified atom stereocenters. The molecular weight excluding hydrogens is 193 g/mol. The van der Waals surface area contributed by atoms with Crippen LogP contribution in [0.1, 0.15) is 44.9 Å². The van der Waals surface area contributed by atoms with Crippen molar-refractivity contribution in [3.05, 3.63) is 0 Å². The molecule has 1 aliphatic rings. The van der Waals surface area contributed by atoms with Gasteiger partial charge in [0.2, 0.25) is 0 Å². The first kappa shape index (κ1) is 11.5. The van der Waals surface area contributed by atoms with Crippen molar-refractivity contribution < 1.29 is 18.0 Å². The van der Waals surface area contributed by atoms with Gasteiger partial charge in [-0.1, -0.05) is 6.42 Å². The first-order valence-corrected chi connectivity index (χ1v) is 5.06. The quantitative estimate of drug-likeness (QED) is 0.694. The number of alkyl halides is 3. The number of carbonyl (C=O) groups is 1. The van der Waals surface area contributed by atoms with Gasteiger partial charge in [0.15, 0.2) is 0 Å². The highest BCUT2D eigenvalue weighted by molar-refractivity contribution is 5.78. The van der Waals surface area contributed by atoms with Gasteiger partial charge < -0.3 is 0 Å². The number of halogens is 3. The summed E-state index contributed by atoms with van der Waals surface area (Å²) < 4.78 is 35.5. The Morgan fingerprint density at radius 1 is 1.21 bits per heavy atom. The highest BCUT2D eigenvalue weighted by atomic mass is 19.4. The first-order valence-electron chi connectivity index (χ1n) is 5.06. The zero-order valence-corrected chi connectivity index (χ0v) is 8.07. The third-order valence-electron chi connectivity index (χ3n) is 2.74. The number of rotatable bonds is 3. The van der Waals surface area contributed by atoms with E-state index in [1.165, 1.54) is 0 Å². The molecule has 0 spiro atoms. The minimum absolute atomic E-state index is 0.211. The van der Waals surface area contributed by atoms with Gasteiger partial charge in [-0.2, -0.15) is 13.2 Å². The van der Waals surface area contributed by atoms with Crippen LogP contribution in [-0.4, -0.2) is 12.0 Å². The Hall–Kier alpha value is -0.540. The topological polar surface area (TPSA) is 17.1 Å². The van der Waals surface area contributed by atoms with Crippen molar-refractivity contribution in [1.82, 2.24) is 0 Å². The van der Waals surface area contributed by atoms with Gasteiger partial charge in [0.25, 0.3) is 0 Å². The molecule has 1 aliphatic carbocycles. The third kappa shape index (κ3) is 4.63. The van der Waals surface area contributed by atoms with Crippen LogP contribution in [0.3, 0.4) is 0 Å². The molecular formula is C10H15F3O. The van der Waals surface area contributed by atoms with Crippen molar-refractivity contribution in [1.29, 1.82) is 0 Å². The van der Waals surface area contributed by atoms with Crippen LogP contribution in [0.5, 0.6) is 0 Å². The highest BCUT2D eigenvalue weighted by Gasteiger charge is 2.27. The Bertz CT molecular complexity index is 188. The summed E-state index contributed by atoms with van der Waals surface area (Å²) >= 11 is 0. The number of hydrogen-bond donors (Lipinski definition) is 0. The minimum atomic E-state index is -4.02. The average molecular weight is 208 g/mol. The molecule has 0 aromatic carbocycles. The lowest BCUT2D eigenvalue weighted by atomic mass is 9.85. The molecule has 0 bridgehead atoms. The van der Waals surface area contributed by atoms with Crippen LogP contribution in [0.4, 0.5) is 13.2 Å². The molecule has 0 aromatic rings. The molecule has 1 saturated carbocycles. The maximum absolute atomic E-state index is 11.8. The molecule has 82 valence electrons. The summed E-state index contributed by atoms with van der Waals surface area (Å²) in [5, 5.41) is 0. The molecule has 0 heterocycles. The summed E-state index contributed by atoms with van der Waals surface area (Å²) in [6.45, 7) is 0. The molecule has 0 radical (unpaired) electrons. The molecule has 4 heteroatoms. The Balaban J connectivity index is 2.10. The minimum Gasteiger partial charge on any atom is -0.300 e. The van der Waals surface area contributed by atoms with Crippen LogP contribution in [-0.2, 0) is 4.79 Å². The van der Waals surface area contributed by atoms with Gasteiger partial charge >= 0.3 is 6.18 Å². The van der Waals surface area contributed by atoms with Gasteiger partial charge in [0.05, 0.1) is 0 Å². The van der Waals surface area contributed by atoms with E-state index in [2.05, 4.69) is 0 Å². The van der Waals surface area contributed by atoms with Gasteiger partial charge in [-0.3, -0.25) is 4.79 Å². The number of ketones is 1. The summed E-state index contributed by atoms with van der Waals surface area (Å²) in [6, 6.07) is 0. The molecule has 0 aromatic heterocycles. The second kappa shape index (κ2) is 4.80. The van der Waals surface area contributed by atoms with E-state index in [0.717, 1.165) is 12.8 Å². The summed E-state index contributed by atoms with van der Waals surface area (Å²) in [4.78, 5) is 10.9. The number of carbonyl (C=O) groups excluding carboxylic acids is 1. The summed E-state index contributed by atoms with van der Waals surface area (Å²) in [5.41, 5.74) is 0. The lowest BCUT2D eigenvalue weighted by Crippen LogP contribution is -2.15. The molecule has 14 heavy (non-hydrogen) atoms. The van der Waals surface area contributed by atoms with E-state index < -0.39 is 12.6 Å². The monoisotopic (exact) mass is 208 g/mol. The van der Waals surface area contributed by atoms with E-state index in [0.29, 0.717) is 25.2 Å². The van der Waals surface area contributed by atoms with Crippen molar-refractivity contribution in [3.8, 4) is 0 Å². The van der Waals surface area contributed by atoms with Crippen LogP contribution < -0.4 is 0 Å². The predicted octanol–water partition coefficient (Wildman–Crippen LogP) is 3.48. The normalized spacial score (nSPS) is 20.1. The fourth-order valence-corrected chi connectivity index (χ4v) is 1.88. The van der Waals surface area contributed by atoms with Crippen molar-refractivity contribution in [3.63, 3.8) is 0 Å². The second-order valence-electron chi connectivity index (χ2n) is 3.99. The van der Waals surface area contributed by atoms with Crippen molar-refractivity contribution in [2.24, 2.45) is 5.92 Å². The lowest BCUT2D eigenvalue weighted by Gasteiger charge is -2.20. The fourth-order valence-electron chi connectivity index (χ4n) is 1.88. The zero-order chi connectivity index (χ0) is 10.6. The SMILES string of the molecule is O=C1CCC(CCCC(F)(F)F)CC1. The van der Waals surface area contributed by atoms with Crippen molar-refractivity contribution in [2.45, 2.75) is 51.1 Å². The molecule has 0 saturated heterocycles. The van der Waals surface area contributed by atoms with Gasteiger partial charge in [0, 0.05) is 19.3 Å². The Labute approximate surface area is 81.7 Å². The standard InChI is InChI=1S/C10H15F3O/c11-10(12,13)7-1-2-8-3-5-9(14)6-4-8/h8H,1-7H2. The van der Waals surface area contributed by atoms with Gasteiger partial charge in [-0.05, 0) is 25.2 Å². The maximum Gasteiger partial charge on any atom is 0.389 e. The van der Waals surface area contributed by atoms with Crippen LogP contribution in [0, 0.1) is 5.92 Å². The molecule has 1 fully saturated rings. The van der Waals surface area contributed by atoms with E-state index in [9.17, 15) is 18.0 Å². The smallest absolute Gasteiger partial charge is 0.300 e. The predicted molar refractivity (Wildman–Crippen MR) is 46.9 cm³/mol. The highest BCUT2D eigenvalue weighted by Crippen LogP contribution is 2.29. The molecule has 0 amide bonds. The molecule has 0 N–H and O–H groups in total. The lowest BCUT2D eigenvalue weighted by molar-refractivity contribution is -0.136. The summed E-state index contributed by atoms with van der Waals surface area (Å²) in [6.07, 6.45) is -1.17. The zero-order valence-electron chi connectivity index (χ0n) is 8.07. The van der Waals surface area contributed by atoms with Crippen molar-refractivity contribution in [2.75, 3.05) is 0 Å². The molecule has 1 nitrogen and oxygen atoms in total. The average Bonchev–Trinajstić information content (AvgIpc) is 2.06. The van der Waals surface area contributed by atoms with Crippen molar-refractivity contribution >= 4 is 5.78 Å². The Morgan fingerprint density at radius 3 is 2.29 bits per heavy atom. The first-order chi connectivity index (χ1) is 6.47. The Morgan fingerprint density at radius 2 is 1.79 bits per heavy atom. The molecule has 0 atom stereocenters. The van der Waals surface area contributed by atoms with E-state index in [4.69, 9.17) is 0 Å². The maximum atomic E-state index is 11.8. The van der Waals surface area contributed by atoms with Gasteiger partial charge in [-0.15, -0.1) is 0 Å². The number of Topliss-reactive ketones (excluding diaryl/α,β-unsaturated/α-hetero) is 1. The summed E-state index contributed by atoms with van der Waals surface area (Å²) in [7, 11) is 0. The third-order valence-corrected chi connectivity index (χ3v) is 2.74. The van der Waals surface area contributed by atoms with E-state index in [1.807, 2.05) is 0 Å². The van der Waals surface area contributed by atoms with Crippen LogP contribution in [0.2, 0.25) is 0 Å². The molecule has 0 aliphatic heterocycles. The van der Waals surface area contributed by atoms with Crippen LogP contribution in [0.15, 0.2) is 0 Å². The second-order valence-corrected chi connectivity index (χ2v) is 3.99. The van der Waals surface area contributed by atoms with Crippen LogP contribution >= 0.6 is 0 Å². The van der Waals surface area contributed by atoms with Crippen LogP contribution in [0.25, 0.3) is 0 Å². The largest absolute Gasteiger partial charge is 0.389 e. The van der Waals surface area contributed by atoms with E-state index >= 15 is 0 Å². The van der Waals surface area contributed by atoms with Gasteiger partial charge in [-0.25, -0.2) is 0 Å². The van der Waals surface area contributed by atoms with Gasteiger partial charge in [0.1, 0.15) is 5.78 Å². The van der Waals surface area contributed by atoms with E-state index in [1.54, 1.807) is 0 Å². The Kier molecular flexibility index (Phi) is 3.96.